The van der Waals surface area contributed by atoms with Crippen molar-refractivity contribution < 1.29 is 39.1 Å². The van der Waals surface area contributed by atoms with Crippen LogP contribution in [0.1, 0.15) is 45.4 Å². The maximum atomic E-state index is 10.8. The Kier molecular flexibility index (Phi) is 14.7. The van der Waals surface area contributed by atoms with Gasteiger partial charge in [-0.15, -0.1) is 0 Å². The molecule has 4 aromatic carbocycles. The van der Waals surface area contributed by atoms with E-state index in [9.17, 15) is 25.1 Å². The van der Waals surface area contributed by atoms with Crippen molar-refractivity contribution in [3.63, 3.8) is 0 Å². The van der Waals surface area contributed by atoms with Gasteiger partial charge in [0.15, 0.2) is 0 Å². The molecule has 0 aromatic heterocycles. The van der Waals surface area contributed by atoms with Crippen LogP contribution in [0.15, 0.2) is 72.8 Å². The van der Waals surface area contributed by atoms with Crippen molar-refractivity contribution >= 4 is 18.1 Å². The van der Waals surface area contributed by atoms with Crippen LogP contribution in [0, 0.1) is 31.8 Å². The van der Waals surface area contributed by atoms with Crippen LogP contribution in [-0.4, -0.2) is 59.7 Å². The van der Waals surface area contributed by atoms with Crippen molar-refractivity contribution in [1.29, 1.82) is 5.26 Å². The van der Waals surface area contributed by atoms with E-state index in [2.05, 4.69) is 38.4 Å². The highest BCUT2D eigenvalue weighted by Crippen LogP contribution is 2.33. The van der Waals surface area contributed by atoms with E-state index in [1.165, 1.54) is 0 Å². The second-order valence-electron chi connectivity index (χ2n) is 12.2. The van der Waals surface area contributed by atoms with Crippen molar-refractivity contribution in [1.82, 2.24) is 10.6 Å². The number of nitriles is 1. The fraction of sp³-hybridized carbons (Fsp3) is 0.300. The van der Waals surface area contributed by atoms with Gasteiger partial charge in [0.05, 0.1) is 24.7 Å². The van der Waals surface area contributed by atoms with E-state index < -0.39 is 18.2 Å². The standard InChI is InChI=1S/C40H42N4O8/c1-26-30(22-51-38-12-10-28(14-32(38)17-41)18-44-21-34(47)24-50-25-45)6-4-8-35(26)36-9-5-7-31(27(36)2)23-52-39-13-11-29(15-37(39)42-3)19-43-20-33(46)16-40(48)49/h4-15,25,33-34,43-44,46-47H,16,18-24H2,1-2H3,(H,48,49)/t33-,34+/m0/s1. The summed E-state index contributed by atoms with van der Waals surface area (Å²) >= 11 is 0. The highest BCUT2D eigenvalue weighted by atomic mass is 16.5. The number of aliphatic hydroxyl groups excluding tert-OH is 2. The van der Waals surface area contributed by atoms with Crippen LogP contribution >= 0.6 is 0 Å². The highest BCUT2D eigenvalue weighted by molar-refractivity contribution is 5.72. The Hall–Kier alpha value is -5.76. The largest absolute Gasteiger partial charge is 0.500 e. The summed E-state index contributed by atoms with van der Waals surface area (Å²) in [6.07, 6.45) is -2.17. The van der Waals surface area contributed by atoms with E-state index in [-0.39, 0.29) is 39.3 Å². The first-order chi connectivity index (χ1) is 25.1. The number of nitrogens with one attached hydrogen (secondary N) is 2. The minimum atomic E-state index is -1.07. The van der Waals surface area contributed by atoms with Gasteiger partial charge >= 0.3 is 5.97 Å². The lowest BCUT2D eigenvalue weighted by Crippen LogP contribution is -2.30. The molecule has 0 unspecified atom stereocenters. The van der Waals surface area contributed by atoms with Gasteiger partial charge in [0.1, 0.15) is 43.5 Å². The summed E-state index contributed by atoms with van der Waals surface area (Å²) in [6.45, 7) is 13.6. The third-order valence-electron chi connectivity index (χ3n) is 8.44. The van der Waals surface area contributed by atoms with Crippen LogP contribution in [0.25, 0.3) is 16.0 Å². The topological polar surface area (TPSA) is 175 Å². The number of carboxylic acids is 1. The molecular weight excluding hydrogens is 664 g/mol. The summed E-state index contributed by atoms with van der Waals surface area (Å²) in [7, 11) is 0. The van der Waals surface area contributed by atoms with Gasteiger partial charge in [-0.3, -0.25) is 9.59 Å². The summed E-state index contributed by atoms with van der Waals surface area (Å²) < 4.78 is 16.8. The molecule has 0 aliphatic heterocycles. The first-order valence-electron chi connectivity index (χ1n) is 16.6. The minimum absolute atomic E-state index is 0.0952. The summed E-state index contributed by atoms with van der Waals surface area (Å²) in [5, 5.41) is 44.3. The molecule has 0 saturated carbocycles. The van der Waals surface area contributed by atoms with E-state index in [4.69, 9.17) is 21.2 Å². The molecule has 4 aromatic rings. The molecule has 0 aliphatic rings. The fourth-order valence-electron chi connectivity index (χ4n) is 5.61. The van der Waals surface area contributed by atoms with Crippen molar-refractivity contribution in [2.45, 2.75) is 58.8 Å². The van der Waals surface area contributed by atoms with E-state index in [1.54, 1.807) is 24.3 Å². The third-order valence-corrected chi connectivity index (χ3v) is 8.44. The van der Waals surface area contributed by atoms with Crippen LogP contribution in [0.3, 0.4) is 0 Å². The lowest BCUT2D eigenvalue weighted by molar-refractivity contribution is -0.139. The second kappa shape index (κ2) is 19.6. The fourth-order valence-corrected chi connectivity index (χ4v) is 5.61. The molecule has 4 rings (SSSR count). The molecule has 5 N–H and O–H groups in total. The lowest BCUT2D eigenvalue weighted by Gasteiger charge is -2.17. The first-order valence-corrected chi connectivity index (χ1v) is 16.6. The van der Waals surface area contributed by atoms with Gasteiger partial charge in [-0.2, -0.15) is 5.26 Å². The summed E-state index contributed by atoms with van der Waals surface area (Å²) in [5.74, 6) is -0.157. The van der Waals surface area contributed by atoms with Gasteiger partial charge in [-0.1, -0.05) is 48.5 Å². The highest BCUT2D eigenvalue weighted by Gasteiger charge is 2.15. The molecule has 0 aliphatic carbocycles. The van der Waals surface area contributed by atoms with Crippen molar-refractivity contribution in [3.8, 4) is 28.7 Å². The Morgan fingerprint density at radius 1 is 0.865 bits per heavy atom. The van der Waals surface area contributed by atoms with Gasteiger partial charge in [0.25, 0.3) is 6.47 Å². The molecule has 270 valence electrons. The number of aliphatic hydroxyl groups is 2. The Morgan fingerprint density at radius 2 is 1.42 bits per heavy atom. The van der Waals surface area contributed by atoms with Crippen LogP contribution in [0.5, 0.6) is 11.5 Å². The molecule has 0 spiro atoms. The number of nitrogens with zero attached hydrogens (tertiary/aromatic N) is 2. The molecule has 12 nitrogen and oxygen atoms in total. The number of carbonyl (C=O) groups excluding carboxylic acids is 1. The number of rotatable bonds is 20. The molecule has 2 atom stereocenters. The first kappa shape index (κ1) is 39.0. The number of hydrogen-bond donors (Lipinski definition) is 5. The summed E-state index contributed by atoms with van der Waals surface area (Å²) in [5.41, 5.74) is 8.47. The Bertz CT molecular complexity index is 1930. The molecule has 52 heavy (non-hydrogen) atoms. The van der Waals surface area contributed by atoms with E-state index >= 15 is 0 Å². The quantitative estimate of drug-likeness (QED) is 0.0611. The Balaban J connectivity index is 1.40. The molecule has 0 saturated heterocycles. The SMILES string of the molecule is [C-]#[N+]c1cc(CNC[C@@H](O)CC(=O)O)ccc1OCc1cccc(-c2cccc(COc3ccc(CNC[C@@H](O)COC=O)cc3C#N)c2C)c1C. The number of hydrogen-bond acceptors (Lipinski definition) is 10. The predicted molar refractivity (Wildman–Crippen MR) is 194 cm³/mol. The van der Waals surface area contributed by atoms with Gasteiger partial charge in [0, 0.05) is 26.2 Å². The Morgan fingerprint density at radius 3 is 1.98 bits per heavy atom. The number of ether oxygens (including phenoxy) is 3. The second-order valence-corrected chi connectivity index (χ2v) is 12.2. The lowest BCUT2D eigenvalue weighted by atomic mass is 9.92. The normalized spacial score (nSPS) is 11.9. The maximum Gasteiger partial charge on any atom is 0.306 e. The molecular formula is C40H42N4O8. The molecule has 0 heterocycles. The van der Waals surface area contributed by atoms with Gasteiger partial charge in [-0.25, -0.2) is 4.85 Å². The molecule has 0 amide bonds. The number of carboxylic acid groups (broad SMARTS) is 1. The maximum absolute atomic E-state index is 10.8. The zero-order chi connectivity index (χ0) is 37.5. The van der Waals surface area contributed by atoms with E-state index in [0.717, 1.165) is 44.5 Å². The minimum Gasteiger partial charge on any atom is -0.500 e. The average molecular weight is 707 g/mol. The predicted octanol–water partition coefficient (Wildman–Crippen LogP) is 5.10. The zero-order valence-corrected chi connectivity index (χ0v) is 29.1. The van der Waals surface area contributed by atoms with Crippen LogP contribution in [0.4, 0.5) is 5.69 Å². The van der Waals surface area contributed by atoms with Crippen molar-refractivity contribution in [3.05, 3.63) is 123 Å². The van der Waals surface area contributed by atoms with Gasteiger partial charge < -0.3 is 40.2 Å². The average Bonchev–Trinajstić information content (AvgIpc) is 3.13. The van der Waals surface area contributed by atoms with Crippen molar-refractivity contribution in [2.75, 3.05) is 19.7 Å². The smallest absolute Gasteiger partial charge is 0.306 e. The van der Waals surface area contributed by atoms with Crippen LogP contribution in [0.2, 0.25) is 0 Å². The number of aliphatic carboxylic acids is 1. The molecule has 0 radical (unpaired) electrons. The van der Waals surface area contributed by atoms with Gasteiger partial charge in [0.2, 0.25) is 5.69 Å². The summed E-state index contributed by atoms with van der Waals surface area (Å²) in [4.78, 5) is 24.7. The number of benzene rings is 4. The van der Waals surface area contributed by atoms with Gasteiger partial charge in [-0.05, 0) is 82.6 Å². The molecule has 0 fully saturated rings. The van der Waals surface area contributed by atoms with Crippen LogP contribution < -0.4 is 20.1 Å². The van der Waals surface area contributed by atoms with Crippen molar-refractivity contribution in [2.24, 2.45) is 0 Å². The third kappa shape index (κ3) is 11.1. The Labute approximate surface area is 303 Å². The molecule has 12 heteroatoms. The zero-order valence-electron chi connectivity index (χ0n) is 29.1. The molecule has 0 bridgehead atoms. The van der Waals surface area contributed by atoms with E-state index in [0.29, 0.717) is 42.3 Å². The van der Waals surface area contributed by atoms with E-state index in [1.807, 2.05) is 50.2 Å². The number of carbonyl (C=O) groups is 2. The van der Waals surface area contributed by atoms with Crippen LogP contribution in [-0.2, 0) is 40.6 Å². The monoisotopic (exact) mass is 706 g/mol. The summed E-state index contributed by atoms with van der Waals surface area (Å²) in [6, 6.07) is 24.9.